The third-order valence-electron chi connectivity index (χ3n) is 2.87. The zero-order valence-electron chi connectivity index (χ0n) is 8.84. The minimum atomic E-state index is -0.801. The summed E-state index contributed by atoms with van der Waals surface area (Å²) in [6.07, 6.45) is 0.601. The smallest absolute Gasteiger partial charge is 0.338 e. The second kappa shape index (κ2) is 3.96. The topological polar surface area (TPSA) is 63.6 Å². The fourth-order valence-corrected chi connectivity index (χ4v) is 1.93. The lowest BCUT2D eigenvalue weighted by Gasteiger charge is -2.06. The molecule has 0 radical (unpaired) electrons. The van der Waals surface area contributed by atoms with Crippen molar-refractivity contribution < 1.29 is 19.4 Å². The minimum Gasteiger partial charge on any atom is -0.481 e. The fourth-order valence-electron chi connectivity index (χ4n) is 1.93. The molecule has 2 atom stereocenters. The van der Waals surface area contributed by atoms with Crippen LogP contribution in [-0.4, -0.2) is 24.2 Å². The molecule has 1 aliphatic carbocycles. The van der Waals surface area contributed by atoms with Crippen LogP contribution in [0.1, 0.15) is 28.3 Å². The second-order valence-electron chi connectivity index (χ2n) is 3.87. The number of carboxylic acids is 1. The Morgan fingerprint density at radius 2 is 2.06 bits per heavy atom. The van der Waals surface area contributed by atoms with Crippen molar-refractivity contribution in [1.82, 2.24) is 0 Å². The maximum Gasteiger partial charge on any atom is 0.338 e. The molecule has 2 unspecified atom stereocenters. The van der Waals surface area contributed by atoms with Crippen LogP contribution in [0, 0.1) is 5.92 Å². The highest BCUT2D eigenvalue weighted by Crippen LogP contribution is 2.48. The SMILES string of the molecule is COC(=O)c1ccccc1C1CC1C(=O)O. The van der Waals surface area contributed by atoms with Crippen LogP contribution in [0.4, 0.5) is 0 Å². The first-order valence-corrected chi connectivity index (χ1v) is 5.05. The molecule has 16 heavy (non-hydrogen) atoms. The lowest BCUT2D eigenvalue weighted by molar-refractivity contribution is -0.138. The number of hydrogen-bond donors (Lipinski definition) is 1. The van der Waals surface area contributed by atoms with Crippen molar-refractivity contribution in [3.63, 3.8) is 0 Å². The molecule has 1 N–H and O–H groups in total. The first-order chi connectivity index (χ1) is 7.65. The number of methoxy groups -OCH3 is 1. The van der Waals surface area contributed by atoms with Gasteiger partial charge in [0, 0.05) is 0 Å². The summed E-state index contributed by atoms with van der Waals surface area (Å²) >= 11 is 0. The molecule has 1 aromatic carbocycles. The first kappa shape index (κ1) is 10.7. The lowest BCUT2D eigenvalue weighted by atomic mass is 10.0. The first-order valence-electron chi connectivity index (χ1n) is 5.05. The van der Waals surface area contributed by atoms with Gasteiger partial charge in [0.2, 0.25) is 0 Å². The van der Waals surface area contributed by atoms with Crippen molar-refractivity contribution in [1.29, 1.82) is 0 Å². The van der Waals surface area contributed by atoms with E-state index in [4.69, 9.17) is 5.11 Å². The van der Waals surface area contributed by atoms with E-state index in [1.165, 1.54) is 7.11 Å². The number of carbonyl (C=O) groups is 2. The number of aliphatic carboxylic acids is 1. The van der Waals surface area contributed by atoms with Crippen LogP contribution < -0.4 is 0 Å². The van der Waals surface area contributed by atoms with Crippen LogP contribution in [-0.2, 0) is 9.53 Å². The third kappa shape index (κ3) is 1.78. The van der Waals surface area contributed by atoms with Crippen molar-refractivity contribution in [3.8, 4) is 0 Å². The summed E-state index contributed by atoms with van der Waals surface area (Å²) in [5, 5.41) is 8.86. The van der Waals surface area contributed by atoms with Gasteiger partial charge in [-0.1, -0.05) is 18.2 Å². The Morgan fingerprint density at radius 3 is 2.62 bits per heavy atom. The van der Waals surface area contributed by atoms with Gasteiger partial charge in [0.15, 0.2) is 0 Å². The zero-order valence-corrected chi connectivity index (χ0v) is 8.84. The standard InChI is InChI=1S/C12H12O4/c1-16-12(15)8-5-3-2-4-7(8)9-6-10(9)11(13)14/h2-5,9-10H,6H2,1H3,(H,13,14). The average Bonchev–Trinajstić information content (AvgIpc) is 3.08. The Balaban J connectivity index is 2.28. The molecule has 0 aliphatic heterocycles. The normalized spacial score (nSPS) is 22.6. The van der Waals surface area contributed by atoms with E-state index in [9.17, 15) is 9.59 Å². The van der Waals surface area contributed by atoms with Crippen LogP contribution >= 0.6 is 0 Å². The van der Waals surface area contributed by atoms with E-state index < -0.39 is 11.9 Å². The highest BCUT2D eigenvalue weighted by atomic mass is 16.5. The van der Waals surface area contributed by atoms with E-state index in [-0.39, 0.29) is 11.8 Å². The van der Waals surface area contributed by atoms with Crippen molar-refractivity contribution in [2.45, 2.75) is 12.3 Å². The van der Waals surface area contributed by atoms with E-state index in [0.717, 1.165) is 5.56 Å². The molecule has 0 bridgehead atoms. The van der Waals surface area contributed by atoms with Crippen LogP contribution in [0.5, 0.6) is 0 Å². The lowest BCUT2D eigenvalue weighted by Crippen LogP contribution is -2.06. The second-order valence-corrected chi connectivity index (χ2v) is 3.87. The van der Waals surface area contributed by atoms with Gasteiger partial charge in [-0.05, 0) is 24.0 Å². The van der Waals surface area contributed by atoms with Gasteiger partial charge < -0.3 is 9.84 Å². The molecular formula is C12H12O4. The van der Waals surface area contributed by atoms with Gasteiger partial charge in [-0.25, -0.2) is 4.79 Å². The van der Waals surface area contributed by atoms with Crippen molar-refractivity contribution >= 4 is 11.9 Å². The van der Waals surface area contributed by atoms with Gasteiger partial charge in [-0.15, -0.1) is 0 Å². The molecule has 0 spiro atoms. The van der Waals surface area contributed by atoms with Gasteiger partial charge in [0.25, 0.3) is 0 Å². The van der Waals surface area contributed by atoms with Crippen molar-refractivity contribution in [2.24, 2.45) is 5.92 Å². The molecular weight excluding hydrogens is 208 g/mol. The number of hydrogen-bond acceptors (Lipinski definition) is 3. The van der Waals surface area contributed by atoms with E-state index in [1.54, 1.807) is 24.3 Å². The number of ether oxygens (including phenoxy) is 1. The summed E-state index contributed by atoms with van der Waals surface area (Å²) < 4.78 is 4.66. The Hall–Kier alpha value is -1.84. The summed E-state index contributed by atoms with van der Waals surface area (Å²) in [7, 11) is 1.32. The molecule has 1 aliphatic rings. The number of carboxylic acid groups (broad SMARTS) is 1. The van der Waals surface area contributed by atoms with Crippen LogP contribution in [0.2, 0.25) is 0 Å². The van der Waals surface area contributed by atoms with Gasteiger partial charge in [-0.3, -0.25) is 4.79 Å². The van der Waals surface area contributed by atoms with Gasteiger partial charge in [0.1, 0.15) is 0 Å². The summed E-state index contributed by atoms with van der Waals surface area (Å²) in [6, 6.07) is 7.01. The zero-order chi connectivity index (χ0) is 11.7. The highest BCUT2D eigenvalue weighted by Gasteiger charge is 2.45. The number of benzene rings is 1. The maximum absolute atomic E-state index is 11.5. The van der Waals surface area contributed by atoms with E-state index in [2.05, 4.69) is 4.74 Å². The van der Waals surface area contributed by atoms with Gasteiger partial charge in [-0.2, -0.15) is 0 Å². The van der Waals surface area contributed by atoms with Crippen LogP contribution in [0.25, 0.3) is 0 Å². The van der Waals surface area contributed by atoms with Crippen LogP contribution in [0.3, 0.4) is 0 Å². The highest BCUT2D eigenvalue weighted by molar-refractivity contribution is 5.92. The molecule has 84 valence electrons. The van der Waals surface area contributed by atoms with Gasteiger partial charge >= 0.3 is 11.9 Å². The molecule has 1 fully saturated rings. The Kier molecular flexibility index (Phi) is 2.64. The molecule has 0 saturated heterocycles. The summed E-state index contributed by atoms with van der Waals surface area (Å²) in [5.74, 6) is -1.62. The Bertz CT molecular complexity index is 438. The van der Waals surface area contributed by atoms with E-state index >= 15 is 0 Å². The monoisotopic (exact) mass is 220 g/mol. The van der Waals surface area contributed by atoms with Crippen molar-refractivity contribution in [3.05, 3.63) is 35.4 Å². The molecule has 0 amide bonds. The quantitative estimate of drug-likeness (QED) is 0.787. The molecule has 0 heterocycles. The Labute approximate surface area is 92.8 Å². The largest absolute Gasteiger partial charge is 0.481 e. The molecule has 4 nitrogen and oxygen atoms in total. The van der Waals surface area contributed by atoms with E-state index in [0.29, 0.717) is 12.0 Å². The number of esters is 1. The van der Waals surface area contributed by atoms with Gasteiger partial charge in [0.05, 0.1) is 18.6 Å². The molecule has 0 aromatic heterocycles. The minimum absolute atomic E-state index is 0.0483. The predicted molar refractivity (Wildman–Crippen MR) is 56.3 cm³/mol. The van der Waals surface area contributed by atoms with Crippen molar-refractivity contribution in [2.75, 3.05) is 7.11 Å². The predicted octanol–water partition coefficient (Wildman–Crippen LogP) is 1.66. The molecule has 1 aromatic rings. The maximum atomic E-state index is 11.5. The molecule has 4 heteroatoms. The Morgan fingerprint density at radius 1 is 1.38 bits per heavy atom. The summed E-state index contributed by atoms with van der Waals surface area (Å²) in [5.41, 5.74) is 1.25. The summed E-state index contributed by atoms with van der Waals surface area (Å²) in [6.45, 7) is 0. The third-order valence-corrected chi connectivity index (χ3v) is 2.87. The number of rotatable bonds is 3. The number of carbonyl (C=O) groups excluding carboxylic acids is 1. The fraction of sp³-hybridized carbons (Fsp3) is 0.333. The van der Waals surface area contributed by atoms with Crippen LogP contribution in [0.15, 0.2) is 24.3 Å². The molecule has 2 rings (SSSR count). The molecule has 1 saturated carbocycles. The van der Waals surface area contributed by atoms with E-state index in [1.807, 2.05) is 0 Å². The summed E-state index contributed by atoms with van der Waals surface area (Å²) in [4.78, 5) is 22.3. The average molecular weight is 220 g/mol.